The van der Waals surface area contributed by atoms with Crippen molar-refractivity contribution < 1.29 is 76.7 Å². The lowest BCUT2D eigenvalue weighted by molar-refractivity contribution is -0.140. The highest BCUT2D eigenvalue weighted by atomic mass is 16.2. The average Bonchev–Trinajstić information content (AvgIpc) is 0.767. The van der Waals surface area contributed by atoms with E-state index in [1.165, 1.54) is 194 Å². The molecule has 0 fully saturated rings. The van der Waals surface area contributed by atoms with Gasteiger partial charge in [-0.05, 0) is 194 Å². The normalized spacial score (nSPS) is 10.6. The van der Waals surface area contributed by atoms with Crippen molar-refractivity contribution in [2.45, 2.75) is 0 Å². The molecule has 0 radical (unpaired) electrons. The van der Waals surface area contributed by atoms with Gasteiger partial charge in [-0.15, -0.1) is 10.2 Å². The molecule has 34 nitrogen and oxygen atoms in total. The summed E-state index contributed by atoms with van der Waals surface area (Å²) in [5.74, 6) is -21.2. The fraction of sp³-hybridized carbons (Fsp3) is 0.0175. The fourth-order valence-corrected chi connectivity index (χ4v) is 15.6. The zero-order valence-corrected chi connectivity index (χ0v) is 78.2. The molecule has 34 heteroatoms. The molecule has 12 N–H and O–H groups in total. The van der Waals surface area contributed by atoms with Crippen LogP contribution in [0.4, 0.5) is 91.0 Å². The van der Waals surface area contributed by atoms with Crippen LogP contribution in [0.2, 0.25) is 0 Å². The van der Waals surface area contributed by atoms with Crippen molar-refractivity contribution in [3.63, 3.8) is 0 Å². The number of rotatable bonds is 31. The maximum absolute atomic E-state index is 17.0. The largest absolute Gasteiger partial charge is 0.332 e. The van der Waals surface area contributed by atoms with E-state index in [2.05, 4.69) is 63.8 Å². The second-order valence-electron chi connectivity index (χ2n) is 32.3. The SMILES string of the molecule is O=C(Nc1cccc(C(=O)Nc2ccccc2)c1C(=O)Nc1ccccc1)C(=O)N(c1ccccc1)N(CCN(N(C(=O)C(=O)Nc1cccc(C(=O)Nc2ccccc2)c1C(=O)Nc1ccccc1)c1ccccc1)N(C(=O)C(=O)Nc1cccc(C(=O)Nc2ccccc2)c1C(=O)Nc1ccccc1)c1ccccc1)N(C(=O)C(=O)Nc1cccc(C(=O)Nc2ccccc2)c1C(=O)Nc1ccccc1)c1ccccc1. The first kappa shape index (κ1) is 100.0. The van der Waals surface area contributed by atoms with Crippen molar-refractivity contribution in [2.75, 3.05) is 96.9 Å². The van der Waals surface area contributed by atoms with Gasteiger partial charge in [-0.25, -0.2) is 20.0 Å². The van der Waals surface area contributed by atoms with Gasteiger partial charge in [-0.2, -0.15) is 0 Å². The van der Waals surface area contributed by atoms with E-state index in [0.29, 0.717) is 30.3 Å². The summed E-state index contributed by atoms with van der Waals surface area (Å²) in [6.07, 6.45) is 0. The van der Waals surface area contributed by atoms with Crippen LogP contribution in [0.15, 0.2) is 437 Å². The Morgan fingerprint density at radius 1 is 0.149 bits per heavy atom. The second-order valence-corrected chi connectivity index (χ2v) is 32.3. The molecule has 0 aliphatic rings. The summed E-state index contributed by atoms with van der Waals surface area (Å²) in [5, 5.41) is 35.9. The summed E-state index contributed by atoms with van der Waals surface area (Å²) in [6, 6.07) is 107. The number of hydrazine groups is 4. The van der Waals surface area contributed by atoms with Crippen LogP contribution in [0.3, 0.4) is 0 Å². The Balaban J connectivity index is 0.896. The molecule has 16 amide bonds. The average molecular weight is 1970 g/mol. The monoisotopic (exact) mass is 1960 g/mol. The maximum atomic E-state index is 17.0. The molecule has 0 atom stereocenters. The van der Waals surface area contributed by atoms with Crippen LogP contribution in [0.1, 0.15) is 82.9 Å². The van der Waals surface area contributed by atoms with Crippen LogP contribution < -0.4 is 83.8 Å². The molecule has 0 saturated heterocycles. The molecule has 0 aromatic heterocycles. The van der Waals surface area contributed by atoms with Crippen LogP contribution in [0.5, 0.6) is 0 Å². The van der Waals surface area contributed by atoms with Gasteiger partial charge < -0.3 is 63.8 Å². The maximum Gasteiger partial charge on any atom is 0.332 e. The quantitative estimate of drug-likeness (QED) is 0.0142. The standard InChI is InChI=1S/C114H88N18O16/c133-99(115-75-41-13-1-14-42-75)87-65-37-69-91(95(87)103(137)119-79-49-21-5-22-50-79)123-107(141)111(145)129(83-57-29-9-30-58-83)127(130(84-59-31-10-32-60-84)112(146)108(142)124-92-70-38-66-88(100(134)116-76-43-15-2-16-44-76)96(92)104(138)120-80-51-23-6-24-52-80)73-74-128(131(85-61-33-11-34-62-85)113(147)109(143)125-93-71-39-67-89(101(135)117-77-45-17-3-18-46-77)97(93)105(139)121-81-53-25-7-26-54-81)132(86-63-35-12-36-64-86)114(148)110(144)126-94-72-40-68-90(102(136)118-78-47-19-4-20-48-78)98(94)106(140)122-82-55-27-8-28-56-82/h1-72H,73-74H2,(H,115,133)(H,116,134)(H,117,135)(H,118,136)(H,119,137)(H,120,138)(H,121,139)(H,122,140)(H,123,141)(H,124,142)(H,125,143)(H,126,144). The van der Waals surface area contributed by atoms with Crippen LogP contribution in [-0.2, 0) is 38.4 Å². The van der Waals surface area contributed by atoms with Crippen molar-refractivity contribution in [3.8, 4) is 0 Å². The van der Waals surface area contributed by atoms with Gasteiger partial charge in [0.15, 0.2) is 0 Å². The Labute approximate surface area is 845 Å². The fourth-order valence-electron chi connectivity index (χ4n) is 15.6. The highest BCUT2D eigenvalue weighted by Crippen LogP contribution is 2.35. The Morgan fingerprint density at radius 2 is 0.291 bits per heavy atom. The minimum absolute atomic E-state index is 0.212. The lowest BCUT2D eigenvalue weighted by atomic mass is 10.0. The van der Waals surface area contributed by atoms with E-state index >= 15 is 57.5 Å². The summed E-state index contributed by atoms with van der Waals surface area (Å²) in [6.45, 7) is -2.49. The molecule has 0 heterocycles. The lowest BCUT2D eigenvalue weighted by Gasteiger charge is -2.45. The number of benzene rings is 16. The van der Waals surface area contributed by atoms with Crippen molar-refractivity contribution >= 4 is 186 Å². The van der Waals surface area contributed by atoms with Gasteiger partial charge in [0, 0.05) is 45.5 Å². The third kappa shape index (κ3) is 24.5. The lowest BCUT2D eigenvalue weighted by Crippen LogP contribution is -2.67. The first-order valence-electron chi connectivity index (χ1n) is 45.9. The van der Waals surface area contributed by atoms with E-state index < -0.39 is 153 Å². The summed E-state index contributed by atoms with van der Waals surface area (Å²) in [7, 11) is 0. The van der Waals surface area contributed by atoms with Gasteiger partial charge in [0.1, 0.15) is 0 Å². The number of hydrogen-bond donors (Lipinski definition) is 12. The van der Waals surface area contributed by atoms with E-state index in [9.17, 15) is 19.2 Å². The second kappa shape index (κ2) is 47.7. The topological polar surface area (TPSA) is 437 Å². The van der Waals surface area contributed by atoms with E-state index in [0.717, 1.165) is 0 Å². The molecule has 0 saturated carbocycles. The number of hydrogen-bond acceptors (Lipinski definition) is 18. The van der Waals surface area contributed by atoms with Gasteiger partial charge in [0.05, 0.1) is 103 Å². The highest BCUT2D eigenvalue weighted by Gasteiger charge is 2.44. The van der Waals surface area contributed by atoms with Crippen molar-refractivity contribution in [1.29, 1.82) is 0 Å². The number of para-hydroxylation sites is 12. The van der Waals surface area contributed by atoms with Crippen LogP contribution in [0, 0.1) is 0 Å². The molecule has 16 rings (SSSR count). The van der Waals surface area contributed by atoms with Crippen molar-refractivity contribution in [2.24, 2.45) is 0 Å². The van der Waals surface area contributed by atoms with Crippen molar-refractivity contribution in [1.82, 2.24) is 10.2 Å². The minimum Gasteiger partial charge on any atom is -0.322 e. The Bertz CT molecular complexity index is 6740. The van der Waals surface area contributed by atoms with Gasteiger partial charge in [-0.1, -0.05) is 243 Å². The van der Waals surface area contributed by atoms with E-state index in [-0.39, 0.29) is 90.5 Å². The third-order valence-corrected chi connectivity index (χ3v) is 22.4. The summed E-state index contributed by atoms with van der Waals surface area (Å²) >= 11 is 0. The minimum atomic E-state index is -1.73. The first-order valence-corrected chi connectivity index (χ1v) is 45.9. The highest BCUT2D eigenvalue weighted by molar-refractivity contribution is 6.48. The predicted molar refractivity (Wildman–Crippen MR) is 565 cm³/mol. The smallest absolute Gasteiger partial charge is 0.322 e. The van der Waals surface area contributed by atoms with Gasteiger partial charge in [0.25, 0.3) is 47.3 Å². The van der Waals surface area contributed by atoms with E-state index in [1.807, 2.05) is 0 Å². The Hall–Kier alpha value is -21.0. The third-order valence-electron chi connectivity index (χ3n) is 22.4. The molecule has 16 aromatic carbocycles. The molecule has 0 aliphatic heterocycles. The van der Waals surface area contributed by atoms with E-state index in [1.54, 1.807) is 243 Å². The summed E-state index contributed by atoms with van der Waals surface area (Å²) in [4.78, 5) is 253. The molecule has 0 bridgehead atoms. The van der Waals surface area contributed by atoms with Crippen molar-refractivity contribution in [3.05, 3.63) is 481 Å². The van der Waals surface area contributed by atoms with Gasteiger partial charge >= 0.3 is 47.3 Å². The number of nitrogens with zero attached hydrogens (tertiary/aromatic N) is 6. The number of amides is 16. The summed E-state index contributed by atoms with van der Waals surface area (Å²) < 4.78 is 0. The van der Waals surface area contributed by atoms with Gasteiger partial charge in [0.2, 0.25) is 0 Å². The van der Waals surface area contributed by atoms with E-state index in [4.69, 9.17) is 0 Å². The van der Waals surface area contributed by atoms with Crippen LogP contribution >= 0.6 is 0 Å². The molecule has 16 aromatic rings. The van der Waals surface area contributed by atoms with Crippen LogP contribution in [0.25, 0.3) is 0 Å². The molecular formula is C114H88N18O16. The molecule has 0 unspecified atom stereocenters. The zero-order chi connectivity index (χ0) is 103. The number of nitrogens with one attached hydrogen (secondary N) is 12. The molecule has 730 valence electrons. The Morgan fingerprint density at radius 3 is 0.446 bits per heavy atom. The number of carbonyl (C=O) groups is 16. The van der Waals surface area contributed by atoms with Gasteiger partial charge in [-0.3, -0.25) is 76.7 Å². The number of anilines is 16. The molecule has 0 spiro atoms. The Kier molecular flexibility index (Phi) is 32.2. The molecule has 148 heavy (non-hydrogen) atoms. The van der Waals surface area contributed by atoms with Crippen LogP contribution in [-0.4, -0.2) is 118 Å². The predicted octanol–water partition coefficient (Wildman–Crippen LogP) is 18.0. The molecular weight excluding hydrogens is 1880 g/mol. The number of carbonyl (C=O) groups excluding carboxylic acids is 16. The summed E-state index contributed by atoms with van der Waals surface area (Å²) in [5.41, 5.74) is -4.90. The first-order chi connectivity index (χ1) is 72.1. The zero-order valence-electron chi connectivity index (χ0n) is 78.2. The molecule has 0 aliphatic carbocycles.